The summed E-state index contributed by atoms with van der Waals surface area (Å²) in [5.74, 6) is -0.659. The lowest BCUT2D eigenvalue weighted by Crippen LogP contribution is -2.20. The molecule has 0 spiro atoms. The zero-order valence-corrected chi connectivity index (χ0v) is 14.7. The molecule has 2 rings (SSSR count). The fraction of sp³-hybridized carbons (Fsp3) is 0.250. The van der Waals surface area contributed by atoms with E-state index in [-0.39, 0.29) is 28.4 Å². The van der Waals surface area contributed by atoms with E-state index in [2.05, 4.69) is 0 Å². The minimum absolute atomic E-state index is 0.0202. The van der Waals surface area contributed by atoms with E-state index in [9.17, 15) is 29.7 Å². The van der Waals surface area contributed by atoms with E-state index < -0.39 is 33.6 Å². The minimum Gasteiger partial charge on any atom is -0.392 e. The number of nitro groups is 2. The Labute approximate surface area is 152 Å². The molecule has 2 aromatic carbocycles. The number of benzene rings is 2. The summed E-state index contributed by atoms with van der Waals surface area (Å²) in [5.41, 5.74) is -0.541. The van der Waals surface area contributed by atoms with Gasteiger partial charge in [-0.3, -0.25) is 20.2 Å². The lowest BCUT2D eigenvalue weighted by atomic mass is 10.0. The summed E-state index contributed by atoms with van der Waals surface area (Å²) >= 11 is 5.63. The molecule has 0 aromatic heterocycles. The highest BCUT2D eigenvalue weighted by molar-refractivity contribution is 6.30. The topological polar surface area (TPSA) is 110 Å². The van der Waals surface area contributed by atoms with Gasteiger partial charge < -0.3 is 10.0 Å². The highest BCUT2D eigenvalue weighted by Gasteiger charge is 2.32. The smallest absolute Gasteiger partial charge is 0.302 e. The number of halogens is 2. The fourth-order valence-electron chi connectivity index (χ4n) is 2.69. The third-order valence-corrected chi connectivity index (χ3v) is 4.26. The Bertz CT molecular complexity index is 891. The summed E-state index contributed by atoms with van der Waals surface area (Å²) in [6.07, 6.45) is 0. The SMILES string of the molecule is Cc1c(CO)cc([N+](=O)[O-])c(N(C)Cc2ccc(Cl)c(F)c2)c1[N+](=O)[O-]. The Morgan fingerprint density at radius 1 is 1.23 bits per heavy atom. The molecule has 1 N–H and O–H groups in total. The molecule has 0 aliphatic carbocycles. The van der Waals surface area contributed by atoms with Gasteiger partial charge in [0.25, 0.3) is 5.69 Å². The lowest BCUT2D eigenvalue weighted by Gasteiger charge is -2.21. The van der Waals surface area contributed by atoms with Gasteiger partial charge in [-0.05, 0) is 30.2 Å². The number of hydrogen-bond donors (Lipinski definition) is 1. The van der Waals surface area contributed by atoms with Gasteiger partial charge in [-0.2, -0.15) is 0 Å². The molecular formula is C16H15ClFN3O5. The van der Waals surface area contributed by atoms with Crippen molar-refractivity contribution in [1.82, 2.24) is 0 Å². The van der Waals surface area contributed by atoms with Crippen LogP contribution in [0.1, 0.15) is 16.7 Å². The highest BCUT2D eigenvalue weighted by Crippen LogP contribution is 2.41. The second kappa shape index (κ2) is 7.63. The number of anilines is 1. The van der Waals surface area contributed by atoms with Gasteiger partial charge in [0.1, 0.15) is 5.82 Å². The van der Waals surface area contributed by atoms with Crippen molar-refractivity contribution in [2.75, 3.05) is 11.9 Å². The summed E-state index contributed by atoms with van der Waals surface area (Å²) in [7, 11) is 1.43. The molecule has 0 aliphatic rings. The Balaban J connectivity index is 2.61. The molecule has 0 amide bonds. The van der Waals surface area contributed by atoms with Crippen LogP contribution in [0, 0.1) is 33.0 Å². The first-order valence-electron chi connectivity index (χ1n) is 7.38. The lowest BCUT2D eigenvalue weighted by molar-refractivity contribution is -0.393. The van der Waals surface area contributed by atoms with Crippen molar-refractivity contribution in [2.24, 2.45) is 0 Å². The Morgan fingerprint density at radius 3 is 2.38 bits per heavy atom. The zero-order valence-electron chi connectivity index (χ0n) is 13.9. The molecule has 10 heteroatoms. The first-order chi connectivity index (χ1) is 12.2. The van der Waals surface area contributed by atoms with Gasteiger partial charge >= 0.3 is 5.69 Å². The second-order valence-corrected chi connectivity index (χ2v) is 6.06. The van der Waals surface area contributed by atoms with Gasteiger partial charge in [-0.15, -0.1) is 0 Å². The van der Waals surface area contributed by atoms with Crippen LogP contribution in [-0.4, -0.2) is 22.0 Å². The number of aliphatic hydroxyl groups is 1. The number of hydrogen-bond acceptors (Lipinski definition) is 6. The number of rotatable bonds is 6. The van der Waals surface area contributed by atoms with Crippen LogP contribution in [0.2, 0.25) is 5.02 Å². The molecule has 0 saturated heterocycles. The van der Waals surface area contributed by atoms with Crippen molar-refractivity contribution >= 4 is 28.7 Å². The van der Waals surface area contributed by atoms with E-state index in [0.717, 1.165) is 12.1 Å². The molecule has 26 heavy (non-hydrogen) atoms. The Kier molecular flexibility index (Phi) is 5.73. The van der Waals surface area contributed by atoms with E-state index in [1.165, 1.54) is 31.0 Å². The minimum atomic E-state index is -0.750. The van der Waals surface area contributed by atoms with E-state index in [1.807, 2.05) is 0 Å². The van der Waals surface area contributed by atoms with Crippen molar-refractivity contribution in [1.29, 1.82) is 0 Å². The monoisotopic (exact) mass is 383 g/mol. The van der Waals surface area contributed by atoms with Crippen LogP contribution in [0.3, 0.4) is 0 Å². The third kappa shape index (κ3) is 3.73. The second-order valence-electron chi connectivity index (χ2n) is 5.65. The van der Waals surface area contributed by atoms with Crippen molar-refractivity contribution in [2.45, 2.75) is 20.1 Å². The Morgan fingerprint density at radius 2 is 1.88 bits per heavy atom. The molecule has 0 aliphatic heterocycles. The van der Waals surface area contributed by atoms with Gasteiger partial charge in [-0.25, -0.2) is 4.39 Å². The quantitative estimate of drug-likeness (QED) is 0.601. The molecule has 0 heterocycles. The molecule has 0 unspecified atom stereocenters. The first kappa shape index (κ1) is 19.5. The number of nitrogens with zero attached hydrogens (tertiary/aromatic N) is 3. The van der Waals surface area contributed by atoms with Crippen LogP contribution < -0.4 is 4.90 Å². The predicted octanol–water partition coefficient (Wildman–Crippen LogP) is 3.73. The molecule has 0 bridgehead atoms. The molecule has 8 nitrogen and oxygen atoms in total. The van der Waals surface area contributed by atoms with Gasteiger partial charge in [0.2, 0.25) is 0 Å². The van der Waals surface area contributed by atoms with E-state index >= 15 is 0 Å². The van der Waals surface area contributed by atoms with Crippen molar-refractivity contribution in [3.05, 3.63) is 72.0 Å². The summed E-state index contributed by atoms with van der Waals surface area (Å²) in [6, 6.07) is 5.12. The van der Waals surface area contributed by atoms with E-state index in [0.29, 0.717) is 5.56 Å². The van der Waals surface area contributed by atoms with Crippen LogP contribution >= 0.6 is 11.6 Å². The molecule has 138 valence electrons. The normalized spacial score (nSPS) is 10.7. The molecule has 0 saturated carbocycles. The molecule has 0 atom stereocenters. The molecule has 0 radical (unpaired) electrons. The Hall–Kier alpha value is -2.78. The van der Waals surface area contributed by atoms with Crippen LogP contribution in [0.4, 0.5) is 21.5 Å². The summed E-state index contributed by atoms with van der Waals surface area (Å²) in [6.45, 7) is 0.820. The summed E-state index contributed by atoms with van der Waals surface area (Å²) < 4.78 is 13.6. The zero-order chi connectivity index (χ0) is 19.6. The van der Waals surface area contributed by atoms with Gasteiger partial charge in [0.05, 0.1) is 21.5 Å². The first-order valence-corrected chi connectivity index (χ1v) is 7.76. The highest BCUT2D eigenvalue weighted by atomic mass is 35.5. The fourth-order valence-corrected chi connectivity index (χ4v) is 2.80. The maximum absolute atomic E-state index is 13.6. The molecule has 2 aromatic rings. The van der Waals surface area contributed by atoms with Gasteiger partial charge in [0, 0.05) is 25.2 Å². The predicted molar refractivity (Wildman–Crippen MR) is 93.9 cm³/mol. The molecular weight excluding hydrogens is 369 g/mol. The van der Waals surface area contributed by atoms with Crippen molar-refractivity contribution < 1.29 is 19.3 Å². The standard InChI is InChI=1S/C16H15ClFN3O5/c1-9-11(8-22)6-14(20(23)24)16(15(9)21(25)26)19(2)7-10-3-4-12(17)13(18)5-10/h3-6,22H,7-8H2,1-2H3. The van der Waals surface area contributed by atoms with Crippen LogP contribution in [0.15, 0.2) is 24.3 Å². The summed E-state index contributed by atoms with van der Waals surface area (Å²) in [5, 5.41) is 32.2. The largest absolute Gasteiger partial charge is 0.392 e. The maximum atomic E-state index is 13.6. The summed E-state index contributed by atoms with van der Waals surface area (Å²) in [4.78, 5) is 22.8. The average Bonchev–Trinajstić information content (AvgIpc) is 2.56. The number of nitro benzene ring substituents is 2. The van der Waals surface area contributed by atoms with E-state index in [4.69, 9.17) is 11.6 Å². The van der Waals surface area contributed by atoms with Crippen LogP contribution in [0.5, 0.6) is 0 Å². The van der Waals surface area contributed by atoms with Crippen LogP contribution in [-0.2, 0) is 13.2 Å². The van der Waals surface area contributed by atoms with E-state index in [1.54, 1.807) is 0 Å². The van der Waals surface area contributed by atoms with Crippen molar-refractivity contribution in [3.63, 3.8) is 0 Å². The number of aliphatic hydroxyl groups excluding tert-OH is 1. The van der Waals surface area contributed by atoms with Crippen LogP contribution in [0.25, 0.3) is 0 Å². The third-order valence-electron chi connectivity index (χ3n) is 3.95. The average molecular weight is 384 g/mol. The van der Waals surface area contributed by atoms with Gasteiger partial charge in [-0.1, -0.05) is 17.7 Å². The van der Waals surface area contributed by atoms with Gasteiger partial charge in [0.15, 0.2) is 5.69 Å². The molecule has 0 fully saturated rings. The maximum Gasteiger partial charge on any atom is 0.302 e. The van der Waals surface area contributed by atoms with Crippen molar-refractivity contribution in [3.8, 4) is 0 Å².